The molecule has 0 aliphatic carbocycles. The van der Waals surface area contributed by atoms with Gasteiger partial charge < -0.3 is 10.2 Å². The van der Waals surface area contributed by atoms with Gasteiger partial charge in [-0.15, -0.1) is 0 Å². The van der Waals surface area contributed by atoms with Gasteiger partial charge in [-0.05, 0) is 67.6 Å². The van der Waals surface area contributed by atoms with Crippen LogP contribution in [0.25, 0.3) is 0 Å². The van der Waals surface area contributed by atoms with Crippen molar-refractivity contribution in [3.63, 3.8) is 0 Å². The lowest BCUT2D eigenvalue weighted by Gasteiger charge is -2.27. The summed E-state index contributed by atoms with van der Waals surface area (Å²) in [6.45, 7) is 11.9. The van der Waals surface area contributed by atoms with E-state index in [9.17, 15) is 4.79 Å². The first-order chi connectivity index (χ1) is 11.4. The molecule has 0 fully saturated rings. The summed E-state index contributed by atoms with van der Waals surface area (Å²) in [5, 5.41) is 3.41. The van der Waals surface area contributed by atoms with Gasteiger partial charge in [-0.3, -0.25) is 4.79 Å². The Kier molecular flexibility index (Phi) is 4.35. The highest BCUT2D eigenvalue weighted by molar-refractivity contribution is 5.99. The summed E-state index contributed by atoms with van der Waals surface area (Å²) in [6, 6.07) is 10.3. The molecular weight excluding hydrogens is 296 g/mol. The monoisotopic (exact) mass is 322 g/mol. The first kappa shape index (κ1) is 16.6. The normalized spacial score (nSPS) is 17.3. The predicted molar refractivity (Wildman–Crippen MR) is 101 cm³/mol. The molecule has 1 unspecified atom stereocenters. The molecule has 3 nitrogen and oxygen atoms in total. The molecular formula is C21H26N2O. The maximum atomic E-state index is 13.0. The van der Waals surface area contributed by atoms with Crippen LogP contribution in [0.2, 0.25) is 0 Å². The third-order valence-corrected chi connectivity index (χ3v) is 5.32. The average Bonchev–Trinajstić information content (AvgIpc) is 2.68. The van der Waals surface area contributed by atoms with Crippen LogP contribution in [0.5, 0.6) is 0 Å². The Morgan fingerprint density at radius 2 is 1.71 bits per heavy atom. The molecule has 0 aromatic heterocycles. The minimum Gasteiger partial charge on any atom is -0.383 e. The summed E-state index contributed by atoms with van der Waals surface area (Å²) in [6.07, 6.45) is 0. The Morgan fingerprint density at radius 1 is 1.08 bits per heavy atom. The van der Waals surface area contributed by atoms with Crippen molar-refractivity contribution in [2.45, 2.75) is 41.2 Å². The highest BCUT2D eigenvalue weighted by Crippen LogP contribution is 2.33. The number of carbonyl (C=O) groups is 1. The Hall–Kier alpha value is -2.29. The molecule has 1 N–H and O–H groups in total. The summed E-state index contributed by atoms with van der Waals surface area (Å²) in [5.74, 6) is 0.148. The minimum absolute atomic E-state index is 0.0380. The molecule has 2 aromatic rings. The molecule has 126 valence electrons. The average molecular weight is 322 g/mol. The molecule has 1 heterocycles. The second-order valence-electron chi connectivity index (χ2n) is 6.96. The fourth-order valence-corrected chi connectivity index (χ4v) is 3.45. The van der Waals surface area contributed by atoms with Crippen molar-refractivity contribution in [1.29, 1.82) is 0 Å². The predicted octanol–water partition coefficient (Wildman–Crippen LogP) is 4.52. The van der Waals surface area contributed by atoms with Gasteiger partial charge in [0.25, 0.3) is 0 Å². The van der Waals surface area contributed by atoms with E-state index in [1.54, 1.807) is 0 Å². The van der Waals surface area contributed by atoms with Gasteiger partial charge in [0.15, 0.2) is 0 Å². The number of hydrogen-bond acceptors (Lipinski definition) is 2. The van der Waals surface area contributed by atoms with Crippen molar-refractivity contribution in [3.8, 4) is 0 Å². The second kappa shape index (κ2) is 6.31. The van der Waals surface area contributed by atoms with Gasteiger partial charge >= 0.3 is 0 Å². The number of nitrogens with zero attached hydrogens (tertiary/aromatic N) is 1. The zero-order valence-electron chi connectivity index (χ0n) is 15.2. The van der Waals surface area contributed by atoms with Gasteiger partial charge in [-0.25, -0.2) is 0 Å². The van der Waals surface area contributed by atoms with E-state index < -0.39 is 0 Å². The molecule has 1 aliphatic rings. The number of para-hydroxylation sites is 2. The standard InChI is InChI=1S/C21H26N2O/c1-13-10-14(2)17(5)18(16(13)4)12-23-20-9-7-6-8-19(20)22-11-15(3)21(23)24/h6-10,15,22H,11-12H2,1-5H3. The summed E-state index contributed by atoms with van der Waals surface area (Å²) in [4.78, 5) is 14.9. The molecule has 1 amide bonds. The third-order valence-electron chi connectivity index (χ3n) is 5.32. The van der Waals surface area contributed by atoms with Gasteiger partial charge in [0, 0.05) is 6.54 Å². The number of rotatable bonds is 2. The molecule has 0 saturated carbocycles. The quantitative estimate of drug-likeness (QED) is 0.882. The maximum absolute atomic E-state index is 13.0. The molecule has 24 heavy (non-hydrogen) atoms. The van der Waals surface area contributed by atoms with Gasteiger partial charge in [0.05, 0.1) is 23.8 Å². The van der Waals surface area contributed by atoms with Crippen LogP contribution in [-0.4, -0.2) is 12.5 Å². The number of carbonyl (C=O) groups excluding carboxylic acids is 1. The van der Waals surface area contributed by atoms with Crippen molar-refractivity contribution < 1.29 is 4.79 Å². The van der Waals surface area contributed by atoms with Crippen LogP contribution in [0.4, 0.5) is 11.4 Å². The van der Waals surface area contributed by atoms with Crippen molar-refractivity contribution in [3.05, 3.63) is 58.1 Å². The number of fused-ring (bicyclic) bond motifs is 1. The van der Waals surface area contributed by atoms with Crippen molar-refractivity contribution in [1.82, 2.24) is 0 Å². The highest BCUT2D eigenvalue weighted by Gasteiger charge is 2.28. The number of anilines is 2. The van der Waals surface area contributed by atoms with E-state index in [1.165, 1.54) is 27.8 Å². The summed E-state index contributed by atoms with van der Waals surface area (Å²) < 4.78 is 0. The second-order valence-corrected chi connectivity index (χ2v) is 6.96. The fraction of sp³-hybridized carbons (Fsp3) is 0.381. The maximum Gasteiger partial charge on any atom is 0.231 e. The number of hydrogen-bond donors (Lipinski definition) is 1. The van der Waals surface area contributed by atoms with Crippen LogP contribution in [0.15, 0.2) is 30.3 Å². The third kappa shape index (κ3) is 2.79. The zero-order chi connectivity index (χ0) is 17.4. The molecule has 1 aliphatic heterocycles. The van der Waals surface area contributed by atoms with E-state index in [0.29, 0.717) is 13.1 Å². The van der Waals surface area contributed by atoms with Gasteiger partial charge in [0.1, 0.15) is 0 Å². The Morgan fingerprint density at radius 3 is 2.38 bits per heavy atom. The molecule has 1 atom stereocenters. The van der Waals surface area contributed by atoms with Crippen LogP contribution in [0.3, 0.4) is 0 Å². The van der Waals surface area contributed by atoms with E-state index in [4.69, 9.17) is 0 Å². The van der Waals surface area contributed by atoms with Crippen LogP contribution in [0.1, 0.15) is 34.7 Å². The lowest BCUT2D eigenvalue weighted by molar-refractivity contribution is -0.121. The molecule has 3 heteroatoms. The van der Waals surface area contributed by atoms with E-state index in [2.05, 4.69) is 45.1 Å². The smallest absolute Gasteiger partial charge is 0.231 e. The molecule has 3 rings (SSSR count). The van der Waals surface area contributed by atoms with Gasteiger partial charge in [0.2, 0.25) is 5.91 Å². The zero-order valence-corrected chi connectivity index (χ0v) is 15.2. The van der Waals surface area contributed by atoms with Gasteiger partial charge in [-0.1, -0.05) is 25.1 Å². The van der Waals surface area contributed by atoms with Crippen LogP contribution in [-0.2, 0) is 11.3 Å². The number of nitrogens with one attached hydrogen (secondary N) is 1. The highest BCUT2D eigenvalue weighted by atomic mass is 16.2. The van der Waals surface area contributed by atoms with E-state index >= 15 is 0 Å². The summed E-state index contributed by atoms with van der Waals surface area (Å²) >= 11 is 0. The molecule has 0 spiro atoms. The number of aryl methyl sites for hydroxylation is 2. The van der Waals surface area contributed by atoms with Gasteiger partial charge in [-0.2, -0.15) is 0 Å². The minimum atomic E-state index is -0.0380. The van der Waals surface area contributed by atoms with Crippen LogP contribution >= 0.6 is 0 Å². The number of benzene rings is 2. The SMILES string of the molecule is Cc1cc(C)c(C)c(CN2C(=O)C(C)CNc3ccccc32)c1C. The van der Waals surface area contributed by atoms with Crippen molar-refractivity contribution in [2.24, 2.45) is 5.92 Å². The lowest BCUT2D eigenvalue weighted by atomic mass is 9.93. The lowest BCUT2D eigenvalue weighted by Crippen LogP contribution is -2.35. The summed E-state index contributed by atoms with van der Waals surface area (Å²) in [5.41, 5.74) is 8.43. The Balaban J connectivity index is 2.10. The Labute approximate surface area is 144 Å². The largest absolute Gasteiger partial charge is 0.383 e. The van der Waals surface area contributed by atoms with Crippen molar-refractivity contribution >= 4 is 17.3 Å². The first-order valence-corrected chi connectivity index (χ1v) is 8.60. The molecule has 0 radical (unpaired) electrons. The fourth-order valence-electron chi connectivity index (χ4n) is 3.45. The first-order valence-electron chi connectivity index (χ1n) is 8.60. The molecule has 2 aromatic carbocycles. The topological polar surface area (TPSA) is 32.3 Å². The van der Waals surface area contributed by atoms with Crippen LogP contribution in [0, 0.1) is 33.6 Å². The molecule has 0 saturated heterocycles. The summed E-state index contributed by atoms with van der Waals surface area (Å²) in [7, 11) is 0. The van der Waals surface area contributed by atoms with E-state index in [1.807, 2.05) is 30.0 Å². The van der Waals surface area contributed by atoms with Crippen molar-refractivity contribution in [2.75, 3.05) is 16.8 Å². The molecule has 0 bridgehead atoms. The van der Waals surface area contributed by atoms with Crippen LogP contribution < -0.4 is 10.2 Å². The van der Waals surface area contributed by atoms with E-state index in [0.717, 1.165) is 11.4 Å². The number of amides is 1. The van der Waals surface area contributed by atoms with E-state index in [-0.39, 0.29) is 11.8 Å². The Bertz CT molecular complexity index is 768.